The molecule has 3 heterocycles. The summed E-state index contributed by atoms with van der Waals surface area (Å²) in [6, 6.07) is 12.9. The molecule has 0 saturated carbocycles. The summed E-state index contributed by atoms with van der Waals surface area (Å²) >= 11 is 0. The highest BCUT2D eigenvalue weighted by atomic mass is 16.5. The Labute approximate surface area is 268 Å². The summed E-state index contributed by atoms with van der Waals surface area (Å²) in [5.41, 5.74) is -0.254. The zero-order valence-electron chi connectivity index (χ0n) is 26.6. The number of hydrogen-bond acceptors (Lipinski definition) is 12. The first-order valence-corrected chi connectivity index (χ1v) is 14.6. The van der Waals surface area contributed by atoms with Crippen molar-refractivity contribution in [3.05, 3.63) is 82.8 Å². The van der Waals surface area contributed by atoms with Gasteiger partial charge in [0.05, 0.1) is 26.5 Å². The molecule has 5 rings (SSSR count). The van der Waals surface area contributed by atoms with Crippen LogP contribution in [0.2, 0.25) is 0 Å². The van der Waals surface area contributed by atoms with Gasteiger partial charge in [-0.2, -0.15) is 0 Å². The predicted molar refractivity (Wildman–Crippen MR) is 168 cm³/mol. The fourth-order valence-electron chi connectivity index (χ4n) is 4.70. The normalized spacial score (nSPS) is 12.1. The maximum absolute atomic E-state index is 13.6. The summed E-state index contributed by atoms with van der Waals surface area (Å²) in [5.74, 6) is -0.867. The number of ketones is 1. The highest BCUT2D eigenvalue weighted by Crippen LogP contribution is 2.33. The monoisotopic (exact) mass is 643 g/mol. The summed E-state index contributed by atoms with van der Waals surface area (Å²) in [7, 11) is 2.70. The van der Waals surface area contributed by atoms with Crippen LogP contribution in [0, 0.1) is 5.92 Å². The Hall–Kier alpha value is -5.86. The predicted octanol–water partition coefficient (Wildman–Crippen LogP) is 3.97. The number of ether oxygens (including phenoxy) is 2. The molecule has 5 aromatic rings. The summed E-state index contributed by atoms with van der Waals surface area (Å²) in [6.07, 6.45) is 0.305. The van der Waals surface area contributed by atoms with Crippen LogP contribution in [-0.2, 0) is 21.5 Å². The number of carbonyl (C=O) groups excluding carboxylic acids is 3. The molecule has 0 aliphatic heterocycles. The first kappa shape index (κ1) is 32.5. The molecule has 244 valence electrons. The number of amides is 2. The van der Waals surface area contributed by atoms with Gasteiger partial charge in [0.1, 0.15) is 34.7 Å². The highest BCUT2D eigenvalue weighted by molar-refractivity contribution is 5.98. The van der Waals surface area contributed by atoms with E-state index in [2.05, 4.69) is 35.5 Å². The molecule has 0 radical (unpaired) electrons. The van der Waals surface area contributed by atoms with Gasteiger partial charge in [-0.1, -0.05) is 44.2 Å². The number of hydrogen-bond donors (Lipinski definition) is 2. The minimum atomic E-state index is -1.09. The van der Waals surface area contributed by atoms with Crippen LogP contribution in [0.5, 0.6) is 5.75 Å². The van der Waals surface area contributed by atoms with E-state index in [1.165, 1.54) is 6.20 Å². The Bertz CT molecular complexity index is 2000. The van der Waals surface area contributed by atoms with Gasteiger partial charge in [0.2, 0.25) is 23.5 Å². The molecule has 3 aromatic heterocycles. The number of Topliss-reactive ketones (excluding diaryl/α,β-unsaturated/α-hetero) is 1. The van der Waals surface area contributed by atoms with Crippen molar-refractivity contribution >= 4 is 34.6 Å². The molecule has 2 amide bonds. The molecule has 2 aromatic carbocycles. The Morgan fingerprint density at radius 3 is 2.43 bits per heavy atom. The molecule has 15 nitrogen and oxygen atoms in total. The lowest BCUT2D eigenvalue weighted by atomic mass is 9.93. The molecule has 0 bridgehead atoms. The molecule has 0 aliphatic carbocycles. The van der Waals surface area contributed by atoms with Crippen molar-refractivity contribution in [3.8, 4) is 17.1 Å². The molecular weight excluding hydrogens is 610 g/mol. The van der Waals surface area contributed by atoms with E-state index in [4.69, 9.17) is 13.6 Å². The van der Waals surface area contributed by atoms with Crippen molar-refractivity contribution in [3.63, 3.8) is 0 Å². The van der Waals surface area contributed by atoms with Gasteiger partial charge >= 0.3 is 6.09 Å². The first-order chi connectivity index (χ1) is 22.4. The van der Waals surface area contributed by atoms with E-state index < -0.39 is 47.3 Å². The van der Waals surface area contributed by atoms with Gasteiger partial charge in [0.15, 0.2) is 5.58 Å². The van der Waals surface area contributed by atoms with Crippen molar-refractivity contribution in [2.75, 3.05) is 19.5 Å². The molecule has 2 N–H and O–H groups in total. The van der Waals surface area contributed by atoms with Gasteiger partial charge in [-0.05, 0) is 31.9 Å². The first-order valence-electron chi connectivity index (χ1n) is 14.6. The molecule has 1 atom stereocenters. The van der Waals surface area contributed by atoms with E-state index >= 15 is 0 Å². The zero-order valence-corrected chi connectivity index (χ0v) is 26.6. The number of fused-ring (bicyclic) bond motifs is 1. The lowest BCUT2D eigenvalue weighted by Gasteiger charge is -2.21. The number of methoxy groups -OCH3 is 2. The molecule has 0 aliphatic rings. The zero-order chi connectivity index (χ0) is 33.9. The van der Waals surface area contributed by atoms with Crippen LogP contribution in [0.15, 0.2) is 68.4 Å². The average molecular weight is 644 g/mol. The van der Waals surface area contributed by atoms with E-state index in [0.717, 1.165) is 11.7 Å². The number of benzene rings is 2. The van der Waals surface area contributed by atoms with Crippen LogP contribution >= 0.6 is 0 Å². The second-order valence-electron chi connectivity index (χ2n) is 11.4. The number of oxazole rings is 1. The van der Waals surface area contributed by atoms with Crippen molar-refractivity contribution in [2.24, 2.45) is 5.92 Å². The molecule has 15 heteroatoms. The van der Waals surface area contributed by atoms with Crippen LogP contribution in [0.4, 0.5) is 10.5 Å². The number of nitrogens with one attached hydrogen (secondary N) is 2. The van der Waals surface area contributed by atoms with Gasteiger partial charge in [-0.25, -0.2) is 14.8 Å². The Balaban J connectivity index is 1.38. The van der Waals surface area contributed by atoms with Crippen molar-refractivity contribution in [1.29, 1.82) is 0 Å². The maximum Gasteiger partial charge on any atom is 0.411 e. The van der Waals surface area contributed by atoms with Crippen LogP contribution in [0.25, 0.3) is 22.5 Å². The van der Waals surface area contributed by atoms with Crippen LogP contribution in [-0.4, -0.2) is 62.8 Å². The topological polar surface area (TPSA) is 194 Å². The Morgan fingerprint density at radius 1 is 1.00 bits per heavy atom. The fraction of sp³-hybridized carbons (Fsp3) is 0.312. The third-order valence-corrected chi connectivity index (χ3v) is 7.37. The van der Waals surface area contributed by atoms with Gasteiger partial charge in [-0.15, -0.1) is 10.2 Å². The van der Waals surface area contributed by atoms with Crippen molar-refractivity contribution in [2.45, 2.75) is 45.7 Å². The van der Waals surface area contributed by atoms with E-state index in [1.54, 1.807) is 83.3 Å². The SMILES string of the molecule is COC(=O)Nc1cnc(-c2ccccc2)n(CC(=O)N[C@H](C(=O)c2nnc(C(C)(C)c3nc4cc(OC)ccc4o3)o2)C(C)C)c1=O. The summed E-state index contributed by atoms with van der Waals surface area (Å²) in [5, 5.41) is 13.1. The number of rotatable bonds is 11. The lowest BCUT2D eigenvalue weighted by Crippen LogP contribution is -2.46. The number of aromatic nitrogens is 5. The van der Waals surface area contributed by atoms with Gasteiger partial charge in [-0.3, -0.25) is 24.3 Å². The summed E-state index contributed by atoms with van der Waals surface area (Å²) in [6.45, 7) is 6.48. The Morgan fingerprint density at radius 2 is 1.74 bits per heavy atom. The fourth-order valence-corrected chi connectivity index (χ4v) is 4.70. The smallest absolute Gasteiger partial charge is 0.411 e. The summed E-state index contributed by atoms with van der Waals surface area (Å²) in [4.78, 5) is 61.1. The molecule has 47 heavy (non-hydrogen) atoms. The number of anilines is 1. The van der Waals surface area contributed by atoms with E-state index in [9.17, 15) is 19.2 Å². The molecule has 0 unspecified atom stereocenters. The molecule has 0 saturated heterocycles. The van der Waals surface area contributed by atoms with Crippen LogP contribution < -0.4 is 20.9 Å². The third kappa shape index (κ3) is 6.73. The van der Waals surface area contributed by atoms with Gasteiger partial charge in [0.25, 0.3) is 11.4 Å². The third-order valence-electron chi connectivity index (χ3n) is 7.37. The van der Waals surface area contributed by atoms with Crippen molar-refractivity contribution in [1.82, 2.24) is 30.0 Å². The lowest BCUT2D eigenvalue weighted by molar-refractivity contribution is -0.122. The van der Waals surface area contributed by atoms with E-state index in [-0.39, 0.29) is 29.2 Å². The molecular formula is C32H33N7O8. The second kappa shape index (κ2) is 13.2. The second-order valence-corrected chi connectivity index (χ2v) is 11.4. The largest absolute Gasteiger partial charge is 0.497 e. The number of nitrogens with zero attached hydrogens (tertiary/aromatic N) is 5. The Kier molecular flexibility index (Phi) is 9.17. The average Bonchev–Trinajstić information content (AvgIpc) is 3.74. The van der Waals surface area contributed by atoms with E-state index in [0.29, 0.717) is 22.4 Å². The molecule has 0 spiro atoms. The van der Waals surface area contributed by atoms with Gasteiger partial charge in [0, 0.05) is 11.6 Å². The maximum atomic E-state index is 13.6. The quantitative estimate of drug-likeness (QED) is 0.197. The van der Waals surface area contributed by atoms with Crippen LogP contribution in [0.1, 0.15) is 50.2 Å². The molecule has 0 fully saturated rings. The number of carbonyl (C=O) groups is 3. The highest BCUT2D eigenvalue weighted by Gasteiger charge is 2.37. The minimum absolute atomic E-state index is 0.0771. The minimum Gasteiger partial charge on any atom is -0.497 e. The van der Waals surface area contributed by atoms with Gasteiger partial charge < -0.3 is 23.6 Å². The van der Waals surface area contributed by atoms with Crippen molar-refractivity contribution < 1.29 is 32.7 Å². The van der Waals surface area contributed by atoms with E-state index in [1.807, 2.05) is 0 Å². The van der Waals surface area contributed by atoms with Crippen LogP contribution in [0.3, 0.4) is 0 Å². The summed E-state index contributed by atoms with van der Waals surface area (Å²) < 4.78 is 22.7. The standard InChI is InChI=1S/C32H33N7O8/c1-17(2)24(25(41)27-37-38-30(47-27)32(3,4)29-34-20-14-19(44-5)12-13-22(20)46-29)36-23(40)16-39-26(18-10-8-7-9-11-18)33-15-21(28(39)42)35-31(43)45-6/h7-15,17,24H,16H2,1-6H3,(H,35,43)(H,36,40)/t24-/m0/s1.